The molecule has 6 aliphatic rings. The molecule has 1 spiro atoms. The van der Waals surface area contributed by atoms with Gasteiger partial charge in [0, 0.05) is 87.4 Å². The van der Waals surface area contributed by atoms with Gasteiger partial charge in [-0.2, -0.15) is 4.98 Å². The monoisotopic (exact) mass is 1170 g/mol. The summed E-state index contributed by atoms with van der Waals surface area (Å²) in [6, 6.07) is 21.6. The number of nitrogens with one attached hydrogen (secondary N) is 3. The number of fused-ring (bicyclic) bond motifs is 3. The number of aromatic nitrogens is 4. The summed E-state index contributed by atoms with van der Waals surface area (Å²) in [6.07, 6.45) is 10.5. The van der Waals surface area contributed by atoms with Gasteiger partial charge >= 0.3 is 0 Å². The molecule has 2 aliphatic carbocycles. The van der Waals surface area contributed by atoms with E-state index in [1.54, 1.807) is 32.7 Å². The molecule has 6 aromatic rings. The van der Waals surface area contributed by atoms with Crippen LogP contribution < -0.4 is 38.8 Å². The number of rotatable bonds is 17. The quantitative estimate of drug-likeness (QED) is 0.0493. The highest BCUT2D eigenvalue weighted by molar-refractivity contribution is 7.90. The maximum absolute atomic E-state index is 14.9. The number of sulfonamides is 1. The van der Waals surface area contributed by atoms with Crippen LogP contribution in [0.4, 0.5) is 28.4 Å². The first-order valence-corrected chi connectivity index (χ1v) is 30.8. The lowest BCUT2D eigenvalue weighted by Crippen LogP contribution is -2.59. The van der Waals surface area contributed by atoms with Gasteiger partial charge in [-0.15, -0.1) is 0 Å². The summed E-state index contributed by atoms with van der Waals surface area (Å²) in [5.74, 6) is 1.25. The SMILES string of the molecule is COc1ncc(CN2CCN(C3CC4(CCN(c5ccc(C(=O)NS(=O)(=O)c6ccc(NC[C@H]7CC[C@](C)(O)CC7)c([N+](=O)[O-])c6)c(N6c7cc8cc[nH]c8nc7O[C@H]7COCC[C@@H]76)c5)CC4)C3)[C@@H](c3ccccc3OC(C)C)C2)nc1OC. The number of hydrogen-bond donors (Lipinski definition) is 4. The Morgan fingerprint density at radius 1 is 0.940 bits per heavy atom. The number of piperidine rings is 1. The number of nitro groups is 1. The third-order valence-corrected chi connectivity index (χ3v) is 19.6. The Bertz CT molecular complexity index is 3520. The fourth-order valence-corrected chi connectivity index (χ4v) is 14.6. The van der Waals surface area contributed by atoms with Crippen molar-refractivity contribution in [3.8, 4) is 23.4 Å². The number of carbonyl (C=O) groups excluding carboxylic acids is 1. The Labute approximate surface area is 489 Å². The average molecular weight is 1170 g/mol. The Balaban J connectivity index is 0.796. The van der Waals surface area contributed by atoms with Crippen LogP contribution in [0.25, 0.3) is 11.0 Å². The number of anilines is 4. The molecule has 5 fully saturated rings. The smallest absolute Gasteiger partial charge is 0.293 e. The number of aliphatic hydroxyl groups is 1. The minimum atomic E-state index is -4.66. The van der Waals surface area contributed by atoms with Gasteiger partial charge in [0.1, 0.15) is 28.9 Å². The topological polar surface area (TPSA) is 252 Å². The molecule has 12 rings (SSSR count). The van der Waals surface area contributed by atoms with E-state index in [0.29, 0.717) is 79.7 Å². The summed E-state index contributed by atoms with van der Waals surface area (Å²) in [5.41, 5.74) is 3.85. The van der Waals surface area contributed by atoms with E-state index in [2.05, 4.69) is 71.7 Å². The van der Waals surface area contributed by atoms with Crippen molar-refractivity contribution in [2.75, 3.05) is 81.8 Å². The number of nitro benzene ring substituents is 1. The van der Waals surface area contributed by atoms with Crippen LogP contribution in [-0.2, 0) is 21.3 Å². The summed E-state index contributed by atoms with van der Waals surface area (Å²) in [6.45, 7) is 11.8. The summed E-state index contributed by atoms with van der Waals surface area (Å²) in [7, 11) is -1.53. The number of ether oxygens (including phenoxy) is 5. The molecular weight excluding hydrogens is 1090 g/mol. The van der Waals surface area contributed by atoms with Gasteiger partial charge in [0.15, 0.2) is 0 Å². The fraction of sp³-hybridized carbons (Fsp3) is 0.508. The summed E-state index contributed by atoms with van der Waals surface area (Å²) in [5, 5.41) is 26.9. The first-order chi connectivity index (χ1) is 40.5. The highest BCUT2D eigenvalue weighted by atomic mass is 32.2. The molecule has 0 bridgehead atoms. The molecule has 3 aromatic heterocycles. The largest absolute Gasteiger partial charge is 0.491 e. The fourth-order valence-electron chi connectivity index (χ4n) is 13.7. The number of methoxy groups -OCH3 is 2. The molecule has 84 heavy (non-hydrogen) atoms. The molecule has 4 N–H and O–H groups in total. The predicted octanol–water partition coefficient (Wildman–Crippen LogP) is 8.53. The van der Waals surface area contributed by atoms with Gasteiger partial charge in [-0.05, 0) is 138 Å². The Morgan fingerprint density at radius 2 is 1.73 bits per heavy atom. The number of amides is 1. The van der Waals surface area contributed by atoms with E-state index >= 15 is 0 Å². The first-order valence-electron chi connectivity index (χ1n) is 29.4. The molecule has 7 heterocycles. The Hall–Kier alpha value is -7.31. The molecule has 3 saturated heterocycles. The van der Waals surface area contributed by atoms with Crippen LogP contribution >= 0.6 is 0 Å². The maximum Gasteiger partial charge on any atom is 0.293 e. The molecule has 1 amide bonds. The minimum absolute atomic E-state index is 0.0128. The van der Waals surface area contributed by atoms with E-state index in [4.69, 9.17) is 33.7 Å². The molecule has 23 heteroatoms. The number of pyridine rings is 1. The van der Waals surface area contributed by atoms with Gasteiger partial charge < -0.3 is 48.9 Å². The van der Waals surface area contributed by atoms with Crippen molar-refractivity contribution < 1.29 is 46.9 Å². The van der Waals surface area contributed by atoms with Crippen LogP contribution in [0.2, 0.25) is 0 Å². The lowest BCUT2D eigenvalue weighted by molar-refractivity contribution is -0.384. The number of nitrogens with zero attached hydrogens (tertiary/aromatic N) is 8. The lowest BCUT2D eigenvalue weighted by atomic mass is 9.59. The standard InChI is InChI=1S/C61H75N11O11S/c1-38(2)82-53-9-7-6-8-45(53)52-36-68(35-41-34-64-58(79-4)59(65-41)80-5)25-26-70(52)43-31-61(32-43)20-23-69(24-21-61)42-10-12-46(49(29-42)71-48-17-27-81-37-54(48)83-57-51(71)28-40-16-22-62-55(40)66-57)56(73)67-84(77,78)44-11-13-47(50(30-44)72(75)76)63-33-39-14-18-60(3,74)19-15-39/h6-13,16,22,28-30,34,38-39,43,48,52,54,63,74H,14-15,17-21,23-27,31-33,35-37H2,1-5H3,(H,62,66)(H,67,73)/t39-,48-,52+,54-,60-/m0/s1. The van der Waals surface area contributed by atoms with E-state index in [1.807, 2.05) is 37.3 Å². The van der Waals surface area contributed by atoms with E-state index in [0.717, 1.165) is 99.8 Å². The number of piperazine rings is 1. The Morgan fingerprint density at radius 3 is 2.49 bits per heavy atom. The van der Waals surface area contributed by atoms with Crippen molar-refractivity contribution in [1.82, 2.24) is 34.5 Å². The summed E-state index contributed by atoms with van der Waals surface area (Å²) in [4.78, 5) is 53.1. The molecule has 446 valence electrons. The van der Waals surface area contributed by atoms with Crippen molar-refractivity contribution >= 4 is 55.4 Å². The van der Waals surface area contributed by atoms with Crippen molar-refractivity contribution in [3.63, 3.8) is 0 Å². The van der Waals surface area contributed by atoms with Crippen LogP contribution in [0.15, 0.2) is 90.1 Å². The summed E-state index contributed by atoms with van der Waals surface area (Å²) < 4.78 is 60.7. The zero-order valence-electron chi connectivity index (χ0n) is 48.3. The van der Waals surface area contributed by atoms with Gasteiger partial charge in [0.2, 0.25) is 5.88 Å². The molecule has 2 saturated carbocycles. The van der Waals surface area contributed by atoms with Gasteiger partial charge in [0.05, 0.1) is 77.6 Å². The normalized spacial score (nSPS) is 23.8. The molecular formula is C61H75N11O11S. The maximum atomic E-state index is 14.9. The second-order valence-electron chi connectivity index (χ2n) is 24.2. The molecule has 3 aromatic carbocycles. The van der Waals surface area contributed by atoms with Crippen molar-refractivity contribution in [2.24, 2.45) is 11.3 Å². The van der Waals surface area contributed by atoms with Gasteiger partial charge in [-0.25, -0.2) is 23.1 Å². The van der Waals surface area contributed by atoms with Crippen molar-refractivity contribution in [2.45, 2.75) is 126 Å². The number of hydrogen-bond acceptors (Lipinski definition) is 19. The number of benzene rings is 3. The molecule has 0 unspecified atom stereocenters. The van der Waals surface area contributed by atoms with Gasteiger partial charge in [-0.1, -0.05) is 18.2 Å². The van der Waals surface area contributed by atoms with Crippen LogP contribution in [0.3, 0.4) is 0 Å². The Kier molecular flexibility index (Phi) is 15.8. The summed E-state index contributed by atoms with van der Waals surface area (Å²) >= 11 is 0. The van der Waals surface area contributed by atoms with E-state index in [-0.39, 0.29) is 47.4 Å². The molecule has 22 nitrogen and oxygen atoms in total. The van der Waals surface area contributed by atoms with E-state index in [1.165, 1.54) is 17.7 Å². The second kappa shape index (κ2) is 23.3. The minimum Gasteiger partial charge on any atom is -0.491 e. The zero-order valence-corrected chi connectivity index (χ0v) is 49.1. The highest BCUT2D eigenvalue weighted by Gasteiger charge is 2.51. The van der Waals surface area contributed by atoms with Crippen LogP contribution in [0, 0.1) is 21.4 Å². The number of aromatic amines is 1. The number of para-hydroxylation sites is 1. The third-order valence-electron chi connectivity index (χ3n) is 18.2. The van der Waals surface area contributed by atoms with Gasteiger partial charge in [-0.3, -0.25) is 24.7 Å². The predicted molar refractivity (Wildman–Crippen MR) is 316 cm³/mol. The number of carbonyl (C=O) groups is 1. The van der Waals surface area contributed by atoms with Crippen LogP contribution in [-0.4, -0.2) is 151 Å². The average Bonchev–Trinajstić information content (AvgIpc) is 1.20. The van der Waals surface area contributed by atoms with Crippen molar-refractivity contribution in [3.05, 3.63) is 112 Å². The molecule has 0 radical (unpaired) electrons. The van der Waals surface area contributed by atoms with E-state index < -0.39 is 43.1 Å². The van der Waals surface area contributed by atoms with Crippen LogP contribution in [0.5, 0.6) is 23.4 Å². The van der Waals surface area contributed by atoms with Crippen LogP contribution in [0.1, 0.15) is 106 Å². The molecule has 4 aliphatic heterocycles. The number of H-pyrrole nitrogens is 1. The zero-order chi connectivity index (χ0) is 58.5. The van der Waals surface area contributed by atoms with Gasteiger partial charge in [0.25, 0.3) is 33.4 Å². The third kappa shape index (κ3) is 11.6. The lowest BCUT2D eigenvalue weighted by Gasteiger charge is -2.58. The van der Waals surface area contributed by atoms with E-state index in [9.17, 15) is 28.4 Å². The first kappa shape index (κ1) is 57.1. The van der Waals surface area contributed by atoms with Crippen molar-refractivity contribution in [1.29, 1.82) is 0 Å². The molecule has 3 atom stereocenters. The highest BCUT2D eigenvalue weighted by Crippen LogP contribution is 2.54. The second-order valence-corrected chi connectivity index (χ2v) is 25.9.